The van der Waals surface area contributed by atoms with Crippen LogP contribution in [-0.4, -0.2) is 18.4 Å². The van der Waals surface area contributed by atoms with Crippen LogP contribution in [0, 0.1) is 6.92 Å². The van der Waals surface area contributed by atoms with Crippen LogP contribution in [0.4, 0.5) is 0 Å². The minimum absolute atomic E-state index is 0. The normalized spacial score (nSPS) is 8.94. The molecule has 0 atom stereocenters. The molecule has 18 heavy (non-hydrogen) atoms. The Morgan fingerprint density at radius 2 is 1.50 bits per heavy atom. The maximum Gasteiger partial charge on any atom is 0.330 e. The molecule has 0 aliphatic rings. The van der Waals surface area contributed by atoms with E-state index in [-0.39, 0.29) is 11.0 Å². The summed E-state index contributed by atoms with van der Waals surface area (Å²) < 4.78 is 5.56. The smallest absolute Gasteiger partial charge is 0.330 e. The second-order valence-electron chi connectivity index (χ2n) is 3.77. The average Bonchev–Trinajstić information content (AvgIpc) is 2.33. The summed E-state index contributed by atoms with van der Waals surface area (Å²) in [7, 11) is 1.80. The van der Waals surface area contributed by atoms with Crippen LogP contribution in [0.1, 0.15) is 11.1 Å². The molecule has 95 valence electrons. The summed E-state index contributed by atoms with van der Waals surface area (Å²) in [6, 6.07) is 18.3. The third kappa shape index (κ3) is 4.71. The van der Waals surface area contributed by atoms with Gasteiger partial charge in [-0.2, -0.15) is 0 Å². The lowest BCUT2D eigenvalue weighted by Crippen LogP contribution is -2.16. The van der Waals surface area contributed by atoms with Crippen molar-refractivity contribution in [3.05, 3.63) is 65.7 Å². The molecule has 0 unspecified atom stereocenters. The van der Waals surface area contributed by atoms with Gasteiger partial charge < -0.3 is 15.6 Å². The van der Waals surface area contributed by atoms with Crippen molar-refractivity contribution in [1.82, 2.24) is 0 Å². The van der Waals surface area contributed by atoms with Gasteiger partial charge in [0.25, 0.3) is 0 Å². The van der Waals surface area contributed by atoms with Gasteiger partial charge in [0.05, 0.1) is 6.61 Å². The molecule has 4 heteroatoms. The zero-order chi connectivity index (χ0) is 11.2. The maximum atomic E-state index is 5.56. The molecule has 0 saturated heterocycles. The summed E-state index contributed by atoms with van der Waals surface area (Å²) >= 11 is 0. The Balaban J connectivity index is 0.00000144. The van der Waals surface area contributed by atoms with Crippen molar-refractivity contribution in [2.45, 2.75) is 13.5 Å². The lowest BCUT2D eigenvalue weighted by atomic mass is 9.88. The summed E-state index contributed by atoms with van der Waals surface area (Å²) in [5.41, 5.74) is 3.59. The quantitative estimate of drug-likeness (QED) is 0.734. The molecule has 4 N–H and O–H groups in total. The fraction of sp³-hybridized carbons (Fsp3) is 0.143. The molecule has 0 aliphatic carbocycles. The molecule has 2 rings (SSSR count). The van der Waals surface area contributed by atoms with E-state index in [1.54, 1.807) is 7.48 Å². The first kappa shape index (κ1) is 16.4. The van der Waals surface area contributed by atoms with Crippen LogP contribution in [0.5, 0.6) is 0 Å². The molecule has 1 radical (unpaired) electrons. The van der Waals surface area contributed by atoms with E-state index in [1.807, 2.05) is 42.5 Å². The highest BCUT2D eigenvalue weighted by Gasteiger charge is 1.99. The Morgan fingerprint density at radius 3 is 2.17 bits per heavy atom. The fourth-order valence-corrected chi connectivity index (χ4v) is 1.53. The third-order valence-electron chi connectivity index (χ3n) is 2.52. The Bertz CT molecular complexity index is 446. The van der Waals surface area contributed by atoms with E-state index >= 15 is 0 Å². The lowest BCUT2D eigenvalue weighted by Gasteiger charge is -2.06. The zero-order valence-corrected chi connectivity index (χ0v) is 10.4. The molecule has 0 aromatic heterocycles. The SMILES string of the molecule is Cc1ccccc1CO[B]c1ccccc1.O.O. The molecule has 3 nitrogen and oxygen atoms in total. The fourth-order valence-electron chi connectivity index (χ4n) is 1.53. The molecule has 0 fully saturated rings. The minimum Gasteiger partial charge on any atom is -0.430 e. The van der Waals surface area contributed by atoms with E-state index in [1.165, 1.54) is 11.1 Å². The van der Waals surface area contributed by atoms with Crippen LogP contribution in [-0.2, 0) is 11.3 Å². The number of rotatable bonds is 4. The van der Waals surface area contributed by atoms with Gasteiger partial charge in [-0.3, -0.25) is 0 Å². The lowest BCUT2D eigenvalue weighted by molar-refractivity contribution is 0.329. The second-order valence-corrected chi connectivity index (χ2v) is 3.77. The second kappa shape index (κ2) is 8.47. The predicted molar refractivity (Wildman–Crippen MR) is 75.0 cm³/mol. The summed E-state index contributed by atoms with van der Waals surface area (Å²) in [5, 5.41) is 0. The van der Waals surface area contributed by atoms with E-state index in [2.05, 4.69) is 19.1 Å². The summed E-state index contributed by atoms with van der Waals surface area (Å²) in [4.78, 5) is 0. The van der Waals surface area contributed by atoms with Crippen LogP contribution < -0.4 is 5.46 Å². The van der Waals surface area contributed by atoms with Crippen molar-refractivity contribution >= 4 is 12.9 Å². The Kier molecular flexibility index (Phi) is 7.71. The predicted octanol–water partition coefficient (Wildman–Crippen LogP) is 0.807. The standard InChI is InChI=1S/C14H14BO.2H2O/c1-12-7-5-6-8-13(12)11-16-15-14-9-3-2-4-10-14;;/h2-10H,11H2,1H3;2*1H2. The highest BCUT2D eigenvalue weighted by Crippen LogP contribution is 2.07. The number of hydrogen-bond acceptors (Lipinski definition) is 1. The summed E-state index contributed by atoms with van der Waals surface area (Å²) in [6.07, 6.45) is 0. The Hall–Kier alpha value is -1.62. The Morgan fingerprint density at radius 1 is 0.889 bits per heavy atom. The average molecular weight is 245 g/mol. The molecular weight excluding hydrogens is 227 g/mol. The van der Waals surface area contributed by atoms with Crippen molar-refractivity contribution < 1.29 is 15.6 Å². The van der Waals surface area contributed by atoms with Crippen LogP contribution in [0.25, 0.3) is 0 Å². The molecular formula is C14H18BO3. The van der Waals surface area contributed by atoms with Gasteiger partial charge in [0.15, 0.2) is 0 Å². The van der Waals surface area contributed by atoms with Crippen molar-refractivity contribution in [2.75, 3.05) is 0 Å². The first-order valence-electron chi connectivity index (χ1n) is 5.40. The molecule has 0 spiro atoms. The first-order chi connectivity index (χ1) is 7.86. The van der Waals surface area contributed by atoms with Crippen LogP contribution in [0.15, 0.2) is 54.6 Å². The molecule has 2 aromatic rings. The summed E-state index contributed by atoms with van der Waals surface area (Å²) in [6.45, 7) is 2.72. The molecule has 0 saturated carbocycles. The minimum atomic E-state index is 0. The van der Waals surface area contributed by atoms with E-state index in [0.29, 0.717) is 6.61 Å². The van der Waals surface area contributed by atoms with Crippen molar-refractivity contribution in [2.24, 2.45) is 0 Å². The van der Waals surface area contributed by atoms with Crippen molar-refractivity contribution in [1.29, 1.82) is 0 Å². The van der Waals surface area contributed by atoms with Gasteiger partial charge in [-0.05, 0) is 18.1 Å². The van der Waals surface area contributed by atoms with E-state index in [4.69, 9.17) is 4.65 Å². The van der Waals surface area contributed by atoms with Crippen LogP contribution in [0.3, 0.4) is 0 Å². The number of aryl methyl sites for hydroxylation is 1. The Labute approximate surface area is 108 Å². The van der Waals surface area contributed by atoms with Gasteiger partial charge in [0.1, 0.15) is 0 Å². The van der Waals surface area contributed by atoms with Gasteiger partial charge >= 0.3 is 7.48 Å². The van der Waals surface area contributed by atoms with E-state index in [0.717, 1.165) is 5.46 Å². The molecule has 2 aromatic carbocycles. The molecule has 0 bridgehead atoms. The van der Waals surface area contributed by atoms with E-state index in [9.17, 15) is 0 Å². The van der Waals surface area contributed by atoms with Gasteiger partial charge in [0.2, 0.25) is 0 Å². The zero-order valence-electron chi connectivity index (χ0n) is 10.4. The van der Waals surface area contributed by atoms with Gasteiger partial charge in [0, 0.05) is 0 Å². The maximum absolute atomic E-state index is 5.56. The van der Waals surface area contributed by atoms with Gasteiger partial charge in [-0.25, -0.2) is 0 Å². The third-order valence-corrected chi connectivity index (χ3v) is 2.52. The number of benzene rings is 2. The highest BCUT2D eigenvalue weighted by molar-refractivity contribution is 6.46. The topological polar surface area (TPSA) is 72.2 Å². The van der Waals surface area contributed by atoms with Crippen molar-refractivity contribution in [3.8, 4) is 0 Å². The van der Waals surface area contributed by atoms with Gasteiger partial charge in [-0.15, -0.1) is 0 Å². The van der Waals surface area contributed by atoms with Crippen LogP contribution in [0.2, 0.25) is 0 Å². The first-order valence-corrected chi connectivity index (χ1v) is 5.40. The monoisotopic (exact) mass is 245 g/mol. The van der Waals surface area contributed by atoms with E-state index < -0.39 is 0 Å². The highest BCUT2D eigenvalue weighted by atomic mass is 16.4. The largest absolute Gasteiger partial charge is 0.430 e. The molecule has 0 amide bonds. The number of hydrogen-bond donors (Lipinski definition) is 0. The molecule has 0 heterocycles. The van der Waals surface area contributed by atoms with Crippen molar-refractivity contribution in [3.63, 3.8) is 0 Å². The summed E-state index contributed by atoms with van der Waals surface area (Å²) in [5.74, 6) is 0. The van der Waals surface area contributed by atoms with Gasteiger partial charge in [-0.1, -0.05) is 60.1 Å². The van der Waals surface area contributed by atoms with Crippen LogP contribution >= 0.6 is 0 Å². The molecule has 0 aliphatic heterocycles.